The zero-order chi connectivity index (χ0) is 17.6. The Kier molecular flexibility index (Phi) is 5.56. The summed E-state index contributed by atoms with van der Waals surface area (Å²) in [5, 5.41) is 8.46. The first-order valence-corrected chi connectivity index (χ1v) is 8.50. The summed E-state index contributed by atoms with van der Waals surface area (Å²) >= 11 is 1.31. The highest BCUT2D eigenvalue weighted by Crippen LogP contribution is 2.25. The minimum Gasteiger partial charge on any atom is -0.383 e. The predicted octanol–water partition coefficient (Wildman–Crippen LogP) is 1.81. The maximum absolute atomic E-state index is 13.1. The van der Waals surface area contributed by atoms with Gasteiger partial charge in [0.05, 0.1) is 29.6 Å². The van der Waals surface area contributed by atoms with Crippen LogP contribution >= 0.6 is 11.8 Å². The largest absolute Gasteiger partial charge is 0.383 e. The summed E-state index contributed by atoms with van der Waals surface area (Å²) in [6.45, 7) is 0.941. The number of carbonyl (C=O) groups is 1. The van der Waals surface area contributed by atoms with E-state index in [9.17, 15) is 9.18 Å². The number of methoxy groups -OCH3 is 1. The molecule has 0 aliphatic carbocycles. The van der Waals surface area contributed by atoms with Gasteiger partial charge < -0.3 is 10.1 Å². The number of hydrogen-bond acceptors (Lipinski definition) is 6. The van der Waals surface area contributed by atoms with Gasteiger partial charge in [-0.05, 0) is 24.3 Å². The smallest absolute Gasteiger partial charge is 0.230 e. The van der Waals surface area contributed by atoms with Gasteiger partial charge >= 0.3 is 0 Å². The van der Waals surface area contributed by atoms with Gasteiger partial charge in [0.1, 0.15) is 17.2 Å². The average Bonchev–Trinajstić information content (AvgIpc) is 3.05. The SMILES string of the molecule is COCCNC(=O)CSc1ncnc2c1cnn2-c1ccc(F)cc1. The Morgan fingerprint density at radius 3 is 2.88 bits per heavy atom. The van der Waals surface area contributed by atoms with E-state index >= 15 is 0 Å². The minimum absolute atomic E-state index is 0.0975. The number of fused-ring (bicyclic) bond motifs is 1. The summed E-state index contributed by atoms with van der Waals surface area (Å²) in [5.74, 6) is -0.178. The number of nitrogens with zero attached hydrogens (tertiary/aromatic N) is 4. The molecule has 0 aliphatic rings. The third kappa shape index (κ3) is 4.12. The summed E-state index contributed by atoms with van der Waals surface area (Å²) in [6.07, 6.45) is 3.07. The second-order valence-electron chi connectivity index (χ2n) is 5.08. The van der Waals surface area contributed by atoms with Gasteiger partial charge in [-0.3, -0.25) is 4.79 Å². The molecule has 2 heterocycles. The number of halogens is 1. The fourth-order valence-corrected chi connectivity index (χ4v) is 2.98. The number of aromatic nitrogens is 4. The van der Waals surface area contributed by atoms with E-state index in [1.807, 2.05) is 0 Å². The fourth-order valence-electron chi connectivity index (χ4n) is 2.19. The number of amides is 1. The summed E-state index contributed by atoms with van der Waals surface area (Å²) in [7, 11) is 1.58. The second-order valence-corrected chi connectivity index (χ2v) is 6.04. The van der Waals surface area contributed by atoms with Crippen molar-refractivity contribution in [3.63, 3.8) is 0 Å². The van der Waals surface area contributed by atoms with Crippen LogP contribution in [0.4, 0.5) is 4.39 Å². The monoisotopic (exact) mass is 361 g/mol. The Bertz CT molecular complexity index is 869. The van der Waals surface area contributed by atoms with E-state index in [0.717, 1.165) is 5.39 Å². The molecule has 25 heavy (non-hydrogen) atoms. The molecule has 3 aromatic rings. The van der Waals surface area contributed by atoms with Gasteiger partial charge in [0, 0.05) is 13.7 Å². The lowest BCUT2D eigenvalue weighted by atomic mass is 10.3. The summed E-state index contributed by atoms with van der Waals surface area (Å²) in [5.41, 5.74) is 1.30. The first-order valence-electron chi connectivity index (χ1n) is 7.52. The molecule has 0 spiro atoms. The molecule has 3 rings (SSSR count). The first-order chi connectivity index (χ1) is 12.2. The Labute approximate surface area is 147 Å². The van der Waals surface area contributed by atoms with Crippen LogP contribution < -0.4 is 5.32 Å². The van der Waals surface area contributed by atoms with E-state index in [1.165, 1.54) is 30.2 Å². The number of hydrogen-bond donors (Lipinski definition) is 1. The molecule has 0 radical (unpaired) electrons. The molecule has 130 valence electrons. The molecule has 1 amide bonds. The molecule has 9 heteroatoms. The molecule has 7 nitrogen and oxygen atoms in total. The number of thioether (sulfide) groups is 1. The number of rotatable bonds is 7. The van der Waals surface area contributed by atoms with Crippen LogP contribution in [0.5, 0.6) is 0 Å². The van der Waals surface area contributed by atoms with Crippen LogP contribution in [0, 0.1) is 5.82 Å². The maximum atomic E-state index is 13.1. The molecule has 0 aliphatic heterocycles. The highest BCUT2D eigenvalue weighted by molar-refractivity contribution is 8.00. The van der Waals surface area contributed by atoms with Crippen molar-refractivity contribution >= 4 is 28.7 Å². The molecular weight excluding hydrogens is 345 g/mol. The topological polar surface area (TPSA) is 81.9 Å². The molecule has 0 saturated carbocycles. The standard InChI is InChI=1S/C16H16FN5O2S/c1-24-7-6-18-14(23)9-25-16-13-8-21-22(15(13)19-10-20-16)12-4-2-11(17)3-5-12/h2-5,8,10H,6-7,9H2,1H3,(H,18,23). The van der Waals surface area contributed by atoms with E-state index < -0.39 is 0 Å². The summed E-state index contributed by atoms with van der Waals surface area (Å²) in [6, 6.07) is 5.98. The Balaban J connectivity index is 1.77. The van der Waals surface area contributed by atoms with Crippen molar-refractivity contribution in [3.8, 4) is 5.69 Å². The van der Waals surface area contributed by atoms with Crippen molar-refractivity contribution in [3.05, 3.63) is 42.6 Å². The number of benzene rings is 1. The summed E-state index contributed by atoms with van der Waals surface area (Å²) < 4.78 is 19.6. The lowest BCUT2D eigenvalue weighted by molar-refractivity contribution is -0.118. The zero-order valence-corrected chi connectivity index (χ0v) is 14.3. The van der Waals surface area contributed by atoms with Crippen LogP contribution in [0.2, 0.25) is 0 Å². The van der Waals surface area contributed by atoms with Crippen molar-refractivity contribution < 1.29 is 13.9 Å². The predicted molar refractivity (Wildman–Crippen MR) is 92.2 cm³/mol. The third-order valence-electron chi connectivity index (χ3n) is 3.37. The van der Waals surface area contributed by atoms with Gasteiger partial charge in [-0.2, -0.15) is 5.10 Å². The quantitative estimate of drug-likeness (QED) is 0.393. The Morgan fingerprint density at radius 1 is 1.32 bits per heavy atom. The Hall–Kier alpha value is -2.52. The maximum Gasteiger partial charge on any atom is 0.230 e. The molecule has 1 N–H and O–H groups in total. The van der Waals surface area contributed by atoms with E-state index in [-0.39, 0.29) is 17.5 Å². The minimum atomic E-state index is -0.314. The Morgan fingerprint density at radius 2 is 2.12 bits per heavy atom. The molecular formula is C16H16FN5O2S. The molecule has 1 aromatic carbocycles. The molecule has 0 fully saturated rings. The van der Waals surface area contributed by atoms with Gasteiger partial charge in [-0.15, -0.1) is 0 Å². The van der Waals surface area contributed by atoms with Crippen LogP contribution in [0.3, 0.4) is 0 Å². The van der Waals surface area contributed by atoms with Crippen LogP contribution in [0.25, 0.3) is 16.7 Å². The number of nitrogens with one attached hydrogen (secondary N) is 1. The van der Waals surface area contributed by atoms with Crippen LogP contribution in [0.15, 0.2) is 41.8 Å². The van der Waals surface area contributed by atoms with Crippen molar-refractivity contribution in [1.82, 2.24) is 25.1 Å². The van der Waals surface area contributed by atoms with Gasteiger partial charge in [0.2, 0.25) is 5.91 Å². The fraction of sp³-hybridized carbons (Fsp3) is 0.250. The van der Waals surface area contributed by atoms with E-state index in [0.29, 0.717) is 29.5 Å². The van der Waals surface area contributed by atoms with Gasteiger partial charge in [-0.1, -0.05) is 11.8 Å². The van der Waals surface area contributed by atoms with E-state index in [4.69, 9.17) is 4.74 Å². The third-order valence-corrected chi connectivity index (χ3v) is 4.37. The lowest BCUT2D eigenvalue weighted by Crippen LogP contribution is -2.28. The van der Waals surface area contributed by atoms with Crippen molar-refractivity contribution in [2.45, 2.75) is 5.03 Å². The van der Waals surface area contributed by atoms with Crippen molar-refractivity contribution in [2.24, 2.45) is 0 Å². The van der Waals surface area contributed by atoms with Gasteiger partial charge in [-0.25, -0.2) is 19.0 Å². The first kappa shape index (κ1) is 17.3. The van der Waals surface area contributed by atoms with E-state index in [1.54, 1.807) is 30.1 Å². The highest BCUT2D eigenvalue weighted by atomic mass is 32.2. The molecule has 0 atom stereocenters. The molecule has 0 bridgehead atoms. The van der Waals surface area contributed by atoms with Crippen LogP contribution in [-0.4, -0.2) is 51.7 Å². The number of carbonyl (C=O) groups excluding carboxylic acids is 1. The normalized spacial score (nSPS) is 11.0. The molecule has 0 unspecified atom stereocenters. The highest BCUT2D eigenvalue weighted by Gasteiger charge is 2.13. The second kappa shape index (κ2) is 8.04. The lowest BCUT2D eigenvalue weighted by Gasteiger charge is -2.05. The van der Waals surface area contributed by atoms with Gasteiger partial charge in [0.25, 0.3) is 0 Å². The molecule has 2 aromatic heterocycles. The number of ether oxygens (including phenoxy) is 1. The van der Waals surface area contributed by atoms with Crippen LogP contribution in [0.1, 0.15) is 0 Å². The molecule has 0 saturated heterocycles. The van der Waals surface area contributed by atoms with Crippen LogP contribution in [-0.2, 0) is 9.53 Å². The van der Waals surface area contributed by atoms with Gasteiger partial charge in [0.15, 0.2) is 5.65 Å². The van der Waals surface area contributed by atoms with E-state index in [2.05, 4.69) is 20.4 Å². The summed E-state index contributed by atoms with van der Waals surface area (Å²) in [4.78, 5) is 20.3. The average molecular weight is 361 g/mol. The zero-order valence-electron chi connectivity index (χ0n) is 13.5. The van der Waals surface area contributed by atoms with Crippen molar-refractivity contribution in [2.75, 3.05) is 26.0 Å². The van der Waals surface area contributed by atoms with Crippen molar-refractivity contribution in [1.29, 1.82) is 0 Å².